The third-order valence-electron chi connectivity index (χ3n) is 2.65. The van der Waals surface area contributed by atoms with Gasteiger partial charge in [-0.3, -0.25) is 4.79 Å². The van der Waals surface area contributed by atoms with Crippen LogP contribution in [0.4, 0.5) is 5.69 Å². The number of nitrogens with one attached hydrogen (secondary N) is 1. The van der Waals surface area contributed by atoms with Crippen LogP contribution in [0.3, 0.4) is 0 Å². The summed E-state index contributed by atoms with van der Waals surface area (Å²) >= 11 is 10.2. The molecule has 1 rings (SSSR count). The van der Waals surface area contributed by atoms with Crippen molar-refractivity contribution in [3.05, 3.63) is 25.6 Å². The van der Waals surface area contributed by atoms with Crippen LogP contribution in [0.2, 0.25) is 0 Å². The zero-order valence-corrected chi connectivity index (χ0v) is 14.9. The minimum atomic E-state index is -0.188. The molecule has 0 radical (unpaired) electrons. The topological polar surface area (TPSA) is 55.1 Å². The SMILES string of the molecule is CC(C)C(CN)C(=O)Nc1c(Br)cc(Br)cc1Br. The molecule has 0 aliphatic carbocycles. The first kappa shape index (κ1) is 16.1. The van der Waals surface area contributed by atoms with Crippen molar-refractivity contribution >= 4 is 59.4 Å². The third kappa shape index (κ3) is 4.05. The van der Waals surface area contributed by atoms with Gasteiger partial charge in [-0.25, -0.2) is 0 Å². The molecule has 0 aliphatic heterocycles. The first-order valence-corrected chi connectivity index (χ1v) is 7.90. The second-order valence-corrected chi connectivity index (χ2v) is 6.94. The Balaban J connectivity index is 2.95. The maximum absolute atomic E-state index is 12.1. The lowest BCUT2D eigenvalue weighted by Gasteiger charge is -2.19. The highest BCUT2D eigenvalue weighted by molar-refractivity contribution is 9.11. The summed E-state index contributed by atoms with van der Waals surface area (Å²) in [5.74, 6) is -0.0355. The fourth-order valence-corrected chi connectivity index (χ4v) is 4.02. The lowest BCUT2D eigenvalue weighted by Crippen LogP contribution is -2.33. The predicted octanol–water partition coefficient (Wildman–Crippen LogP) is 4.14. The number of hydrogen-bond acceptors (Lipinski definition) is 2. The van der Waals surface area contributed by atoms with Crippen molar-refractivity contribution in [1.82, 2.24) is 0 Å². The van der Waals surface area contributed by atoms with Gasteiger partial charge in [0.05, 0.1) is 11.6 Å². The van der Waals surface area contributed by atoms with Crippen LogP contribution < -0.4 is 11.1 Å². The molecule has 1 unspecified atom stereocenters. The van der Waals surface area contributed by atoms with Crippen molar-refractivity contribution in [2.75, 3.05) is 11.9 Å². The third-order valence-corrected chi connectivity index (χ3v) is 4.36. The monoisotopic (exact) mass is 440 g/mol. The van der Waals surface area contributed by atoms with E-state index in [-0.39, 0.29) is 17.7 Å². The van der Waals surface area contributed by atoms with Gasteiger partial charge < -0.3 is 11.1 Å². The Morgan fingerprint density at radius 2 is 1.78 bits per heavy atom. The summed E-state index contributed by atoms with van der Waals surface area (Å²) in [6.45, 7) is 4.32. The second-order valence-electron chi connectivity index (χ2n) is 4.32. The molecule has 1 aromatic carbocycles. The van der Waals surface area contributed by atoms with E-state index >= 15 is 0 Å². The summed E-state index contributed by atoms with van der Waals surface area (Å²) in [7, 11) is 0. The number of halogens is 3. The Kier molecular flexibility index (Phi) is 6.30. The Hall–Kier alpha value is 0.0900. The molecule has 0 aliphatic rings. The Morgan fingerprint density at radius 1 is 1.28 bits per heavy atom. The molecule has 0 fully saturated rings. The van der Waals surface area contributed by atoms with Crippen LogP contribution in [0, 0.1) is 11.8 Å². The van der Waals surface area contributed by atoms with E-state index in [9.17, 15) is 4.79 Å². The average Bonchev–Trinajstić information content (AvgIpc) is 2.23. The molecule has 3 N–H and O–H groups in total. The predicted molar refractivity (Wildman–Crippen MR) is 85.6 cm³/mol. The molecule has 6 heteroatoms. The highest BCUT2D eigenvalue weighted by atomic mass is 79.9. The van der Waals surface area contributed by atoms with Crippen LogP contribution in [0.1, 0.15) is 13.8 Å². The summed E-state index contributed by atoms with van der Waals surface area (Å²) in [6.07, 6.45) is 0. The molecule has 0 aromatic heterocycles. The second kappa shape index (κ2) is 7.03. The van der Waals surface area contributed by atoms with Crippen LogP contribution in [0.25, 0.3) is 0 Å². The number of carbonyl (C=O) groups is 1. The van der Waals surface area contributed by atoms with E-state index in [1.807, 2.05) is 26.0 Å². The Labute approximate surface area is 132 Å². The number of rotatable bonds is 4. The Morgan fingerprint density at radius 3 is 2.17 bits per heavy atom. The lowest BCUT2D eigenvalue weighted by atomic mass is 9.95. The van der Waals surface area contributed by atoms with Crippen LogP contribution in [0.5, 0.6) is 0 Å². The van der Waals surface area contributed by atoms with Crippen LogP contribution >= 0.6 is 47.8 Å². The molecular formula is C12H15Br3N2O. The summed E-state index contributed by atoms with van der Waals surface area (Å²) < 4.78 is 2.56. The summed E-state index contributed by atoms with van der Waals surface area (Å²) in [4.78, 5) is 12.1. The molecule has 0 spiro atoms. The van der Waals surface area contributed by atoms with Crippen LogP contribution in [-0.4, -0.2) is 12.5 Å². The highest BCUT2D eigenvalue weighted by Gasteiger charge is 2.22. The summed E-state index contributed by atoms with van der Waals surface area (Å²) in [5, 5.41) is 2.90. The molecule has 3 nitrogen and oxygen atoms in total. The Bertz CT molecular complexity index is 426. The van der Waals surface area contributed by atoms with Gasteiger partial charge in [0.25, 0.3) is 0 Å². The zero-order chi connectivity index (χ0) is 13.9. The quantitative estimate of drug-likeness (QED) is 0.736. The number of nitrogens with two attached hydrogens (primary N) is 1. The first-order chi connectivity index (χ1) is 8.36. The van der Waals surface area contributed by atoms with E-state index in [0.717, 1.165) is 19.1 Å². The smallest absolute Gasteiger partial charge is 0.229 e. The highest BCUT2D eigenvalue weighted by Crippen LogP contribution is 2.34. The average molecular weight is 443 g/mol. The van der Waals surface area contributed by atoms with Crippen molar-refractivity contribution in [2.45, 2.75) is 13.8 Å². The molecule has 0 saturated carbocycles. The lowest BCUT2D eigenvalue weighted by molar-refractivity contribution is -0.120. The van der Waals surface area contributed by atoms with E-state index < -0.39 is 0 Å². The van der Waals surface area contributed by atoms with E-state index in [1.54, 1.807) is 0 Å². The van der Waals surface area contributed by atoms with Gasteiger partial charge in [0.1, 0.15) is 0 Å². The molecule has 100 valence electrons. The van der Waals surface area contributed by atoms with Crippen LogP contribution in [-0.2, 0) is 4.79 Å². The minimum absolute atomic E-state index is 0.0591. The number of benzene rings is 1. The zero-order valence-electron chi connectivity index (χ0n) is 10.1. The van der Waals surface area contributed by atoms with Gasteiger partial charge in [0.2, 0.25) is 5.91 Å². The standard InChI is InChI=1S/C12H15Br3N2O/c1-6(2)8(5-16)12(18)17-11-9(14)3-7(13)4-10(11)15/h3-4,6,8H,5,16H2,1-2H3,(H,17,18). The summed E-state index contributed by atoms with van der Waals surface area (Å²) in [5.41, 5.74) is 6.36. The van der Waals surface area contributed by atoms with Gasteiger partial charge in [-0.05, 0) is 49.9 Å². The van der Waals surface area contributed by atoms with Crippen molar-refractivity contribution < 1.29 is 4.79 Å². The first-order valence-electron chi connectivity index (χ1n) is 5.52. The molecule has 0 bridgehead atoms. The largest absolute Gasteiger partial charge is 0.330 e. The number of anilines is 1. The van der Waals surface area contributed by atoms with E-state index in [0.29, 0.717) is 6.54 Å². The van der Waals surface area contributed by atoms with Crippen LogP contribution in [0.15, 0.2) is 25.6 Å². The number of amides is 1. The van der Waals surface area contributed by atoms with Crippen molar-refractivity contribution in [3.63, 3.8) is 0 Å². The van der Waals surface area contributed by atoms with Gasteiger partial charge in [0, 0.05) is 20.0 Å². The minimum Gasteiger partial charge on any atom is -0.330 e. The fourth-order valence-electron chi connectivity index (χ4n) is 1.56. The maximum Gasteiger partial charge on any atom is 0.229 e. The maximum atomic E-state index is 12.1. The fraction of sp³-hybridized carbons (Fsp3) is 0.417. The molecule has 1 atom stereocenters. The molecular weight excluding hydrogens is 428 g/mol. The van der Waals surface area contributed by atoms with Crippen molar-refractivity contribution in [1.29, 1.82) is 0 Å². The van der Waals surface area contributed by atoms with Crippen molar-refractivity contribution in [2.24, 2.45) is 17.6 Å². The number of hydrogen-bond donors (Lipinski definition) is 2. The number of carbonyl (C=O) groups excluding carboxylic acids is 1. The van der Waals surface area contributed by atoms with Gasteiger partial charge in [-0.2, -0.15) is 0 Å². The van der Waals surface area contributed by atoms with Gasteiger partial charge in [-0.15, -0.1) is 0 Å². The summed E-state index contributed by atoms with van der Waals surface area (Å²) in [6, 6.07) is 3.76. The van der Waals surface area contributed by atoms with E-state index in [1.165, 1.54) is 0 Å². The molecule has 1 amide bonds. The normalized spacial score (nSPS) is 12.6. The van der Waals surface area contributed by atoms with Gasteiger partial charge >= 0.3 is 0 Å². The van der Waals surface area contributed by atoms with E-state index in [2.05, 4.69) is 53.1 Å². The van der Waals surface area contributed by atoms with Gasteiger partial charge in [-0.1, -0.05) is 29.8 Å². The van der Waals surface area contributed by atoms with Gasteiger partial charge in [0.15, 0.2) is 0 Å². The van der Waals surface area contributed by atoms with Crippen molar-refractivity contribution in [3.8, 4) is 0 Å². The van der Waals surface area contributed by atoms with E-state index in [4.69, 9.17) is 5.73 Å². The molecule has 0 heterocycles. The molecule has 18 heavy (non-hydrogen) atoms. The molecule has 0 saturated heterocycles. The molecule has 1 aromatic rings.